The average Bonchev–Trinajstić information content (AvgIpc) is 2.85. The van der Waals surface area contributed by atoms with Crippen LogP contribution in [0, 0.1) is 0 Å². The molecule has 1 aromatic carbocycles. The molecule has 1 heterocycles. The minimum atomic E-state index is -0.271. The van der Waals surface area contributed by atoms with E-state index in [-0.39, 0.29) is 12.6 Å². The van der Waals surface area contributed by atoms with Gasteiger partial charge in [-0.3, -0.25) is 0 Å². The smallest absolute Gasteiger partial charge is 0.348 e. The third-order valence-electron chi connectivity index (χ3n) is 3.03. The van der Waals surface area contributed by atoms with Crippen molar-refractivity contribution < 1.29 is 14.6 Å². The highest BCUT2D eigenvalue weighted by Crippen LogP contribution is 2.27. The number of unbranched alkanes of at least 4 members (excludes halogenated alkanes) is 3. The van der Waals surface area contributed by atoms with E-state index in [4.69, 9.17) is 15.6 Å². The molecule has 1 aromatic heterocycles. The number of benzene rings is 1. The van der Waals surface area contributed by atoms with Crippen LogP contribution in [0.2, 0.25) is 0 Å². The Labute approximate surface area is 122 Å². The largest absolute Gasteiger partial charge is 0.462 e. The van der Waals surface area contributed by atoms with Crippen LogP contribution >= 0.6 is 11.3 Å². The number of carbonyl (C=O) groups is 1. The number of anilines is 1. The van der Waals surface area contributed by atoms with Crippen molar-refractivity contribution in [1.82, 2.24) is 0 Å². The maximum atomic E-state index is 11.9. The van der Waals surface area contributed by atoms with E-state index in [1.807, 2.05) is 24.3 Å². The van der Waals surface area contributed by atoms with Gasteiger partial charge in [0.1, 0.15) is 4.88 Å². The second kappa shape index (κ2) is 7.26. The quantitative estimate of drug-likeness (QED) is 0.467. The monoisotopic (exact) mass is 293 g/mol. The van der Waals surface area contributed by atoms with Crippen LogP contribution in [-0.2, 0) is 4.74 Å². The number of aliphatic hydroxyl groups excluding tert-OH is 1. The Bertz CT molecular complexity index is 580. The van der Waals surface area contributed by atoms with Crippen molar-refractivity contribution in [3.8, 4) is 0 Å². The first-order valence-electron chi connectivity index (χ1n) is 6.78. The number of nitrogen functional groups attached to an aromatic ring is 1. The second-order valence-electron chi connectivity index (χ2n) is 4.68. The van der Waals surface area contributed by atoms with E-state index in [1.54, 1.807) is 0 Å². The van der Waals surface area contributed by atoms with Gasteiger partial charge in [-0.1, -0.05) is 6.42 Å². The summed E-state index contributed by atoms with van der Waals surface area (Å²) in [5, 5.41) is 9.63. The highest BCUT2D eigenvalue weighted by Gasteiger charge is 2.11. The molecule has 0 bridgehead atoms. The normalized spacial score (nSPS) is 10.8. The molecule has 108 valence electrons. The minimum Gasteiger partial charge on any atom is -0.462 e. The van der Waals surface area contributed by atoms with Crippen LogP contribution in [0.15, 0.2) is 24.3 Å². The van der Waals surface area contributed by atoms with Gasteiger partial charge in [0, 0.05) is 17.0 Å². The Morgan fingerprint density at radius 1 is 1.20 bits per heavy atom. The molecule has 2 rings (SSSR count). The third-order valence-corrected chi connectivity index (χ3v) is 4.12. The number of hydrogen-bond acceptors (Lipinski definition) is 5. The van der Waals surface area contributed by atoms with Crippen LogP contribution < -0.4 is 5.73 Å². The molecule has 0 unspecified atom stereocenters. The Kier molecular flexibility index (Phi) is 5.38. The first-order chi connectivity index (χ1) is 9.70. The number of ether oxygens (including phenoxy) is 1. The standard InChI is InChI=1S/C15H19NO3S/c16-12-5-6-13-11(9-12)10-14(20-13)15(18)19-8-4-2-1-3-7-17/h5-6,9-10,17H,1-4,7-8,16H2. The van der Waals surface area contributed by atoms with Crippen molar-refractivity contribution in [2.75, 3.05) is 18.9 Å². The maximum Gasteiger partial charge on any atom is 0.348 e. The number of fused-ring (bicyclic) bond motifs is 1. The summed E-state index contributed by atoms with van der Waals surface area (Å²) in [6, 6.07) is 7.43. The minimum absolute atomic E-state index is 0.227. The van der Waals surface area contributed by atoms with E-state index >= 15 is 0 Å². The van der Waals surface area contributed by atoms with Gasteiger partial charge in [0.2, 0.25) is 0 Å². The van der Waals surface area contributed by atoms with Crippen LogP contribution in [0.25, 0.3) is 10.1 Å². The molecule has 4 nitrogen and oxygen atoms in total. The molecule has 0 saturated heterocycles. The Morgan fingerprint density at radius 3 is 2.80 bits per heavy atom. The number of aliphatic hydroxyl groups is 1. The van der Waals surface area contributed by atoms with Crippen LogP contribution in [0.3, 0.4) is 0 Å². The fourth-order valence-electron chi connectivity index (χ4n) is 1.97. The zero-order valence-corrected chi connectivity index (χ0v) is 12.1. The summed E-state index contributed by atoms with van der Waals surface area (Å²) in [6.07, 6.45) is 3.59. The zero-order chi connectivity index (χ0) is 14.4. The second-order valence-corrected chi connectivity index (χ2v) is 5.77. The van der Waals surface area contributed by atoms with Gasteiger partial charge in [0.15, 0.2) is 0 Å². The van der Waals surface area contributed by atoms with E-state index in [0.717, 1.165) is 35.8 Å². The highest BCUT2D eigenvalue weighted by molar-refractivity contribution is 7.20. The molecule has 0 aliphatic rings. The number of carbonyl (C=O) groups excluding carboxylic acids is 1. The summed E-state index contributed by atoms with van der Waals surface area (Å²) in [5.41, 5.74) is 6.41. The Balaban J connectivity index is 1.85. The van der Waals surface area contributed by atoms with Crippen LogP contribution in [0.5, 0.6) is 0 Å². The summed E-state index contributed by atoms with van der Waals surface area (Å²) in [6.45, 7) is 0.658. The van der Waals surface area contributed by atoms with Gasteiger partial charge in [-0.05, 0) is 48.9 Å². The zero-order valence-electron chi connectivity index (χ0n) is 11.3. The van der Waals surface area contributed by atoms with Crippen LogP contribution in [-0.4, -0.2) is 24.3 Å². The molecular formula is C15H19NO3S. The lowest BCUT2D eigenvalue weighted by Crippen LogP contribution is -2.04. The van der Waals surface area contributed by atoms with E-state index in [0.29, 0.717) is 17.2 Å². The molecule has 3 N–H and O–H groups in total. The summed E-state index contributed by atoms with van der Waals surface area (Å²) < 4.78 is 6.28. The van der Waals surface area contributed by atoms with Gasteiger partial charge in [0.25, 0.3) is 0 Å². The molecular weight excluding hydrogens is 274 g/mol. The fourth-order valence-corrected chi connectivity index (χ4v) is 2.90. The van der Waals surface area contributed by atoms with Crippen LogP contribution in [0.1, 0.15) is 35.4 Å². The Hall–Kier alpha value is -1.59. The number of rotatable bonds is 7. The lowest BCUT2D eigenvalue weighted by molar-refractivity contribution is 0.0503. The van der Waals surface area contributed by atoms with Gasteiger partial charge >= 0.3 is 5.97 Å². The van der Waals surface area contributed by atoms with Crippen molar-refractivity contribution in [1.29, 1.82) is 0 Å². The van der Waals surface area contributed by atoms with Crippen molar-refractivity contribution in [3.05, 3.63) is 29.1 Å². The molecule has 20 heavy (non-hydrogen) atoms. The van der Waals surface area contributed by atoms with Crippen molar-refractivity contribution >= 4 is 33.1 Å². The van der Waals surface area contributed by atoms with Gasteiger partial charge in [0.05, 0.1) is 6.61 Å². The first kappa shape index (κ1) is 14.8. The maximum absolute atomic E-state index is 11.9. The molecule has 0 aliphatic carbocycles. The molecule has 5 heteroatoms. The molecule has 2 aromatic rings. The van der Waals surface area contributed by atoms with E-state index in [2.05, 4.69) is 0 Å². The van der Waals surface area contributed by atoms with Gasteiger partial charge in [-0.15, -0.1) is 11.3 Å². The molecule has 0 fully saturated rings. The number of nitrogens with two attached hydrogens (primary N) is 1. The SMILES string of the molecule is Nc1ccc2sc(C(=O)OCCCCCCO)cc2c1. The number of thiophene rings is 1. The predicted octanol–water partition coefficient (Wildman–Crippen LogP) is 3.19. The number of esters is 1. The highest BCUT2D eigenvalue weighted by atomic mass is 32.1. The summed E-state index contributed by atoms with van der Waals surface area (Å²) in [5.74, 6) is -0.271. The third kappa shape index (κ3) is 3.95. The summed E-state index contributed by atoms with van der Waals surface area (Å²) in [7, 11) is 0. The van der Waals surface area contributed by atoms with E-state index in [1.165, 1.54) is 11.3 Å². The lowest BCUT2D eigenvalue weighted by atomic mass is 10.2. The van der Waals surface area contributed by atoms with E-state index in [9.17, 15) is 4.79 Å². The summed E-state index contributed by atoms with van der Waals surface area (Å²) in [4.78, 5) is 12.5. The molecule has 0 amide bonds. The molecule has 0 atom stereocenters. The molecule has 0 spiro atoms. The molecule has 0 aliphatic heterocycles. The average molecular weight is 293 g/mol. The fraction of sp³-hybridized carbons (Fsp3) is 0.400. The first-order valence-corrected chi connectivity index (χ1v) is 7.59. The van der Waals surface area contributed by atoms with Gasteiger partial charge < -0.3 is 15.6 Å². The molecule has 0 saturated carbocycles. The molecule has 0 radical (unpaired) electrons. The van der Waals surface area contributed by atoms with Gasteiger partial charge in [-0.25, -0.2) is 4.79 Å². The Morgan fingerprint density at radius 2 is 2.00 bits per heavy atom. The van der Waals surface area contributed by atoms with Crippen molar-refractivity contribution in [2.45, 2.75) is 25.7 Å². The van der Waals surface area contributed by atoms with Crippen molar-refractivity contribution in [2.24, 2.45) is 0 Å². The number of hydrogen-bond donors (Lipinski definition) is 2. The van der Waals surface area contributed by atoms with Gasteiger partial charge in [-0.2, -0.15) is 0 Å². The van der Waals surface area contributed by atoms with E-state index < -0.39 is 0 Å². The van der Waals surface area contributed by atoms with Crippen molar-refractivity contribution in [3.63, 3.8) is 0 Å². The topological polar surface area (TPSA) is 72.6 Å². The summed E-state index contributed by atoms with van der Waals surface area (Å²) >= 11 is 1.42. The van der Waals surface area contributed by atoms with Crippen LogP contribution in [0.4, 0.5) is 5.69 Å². The lowest BCUT2D eigenvalue weighted by Gasteiger charge is -2.02. The predicted molar refractivity (Wildman–Crippen MR) is 82.1 cm³/mol.